The summed E-state index contributed by atoms with van der Waals surface area (Å²) < 4.78 is 0. The molecule has 0 radical (unpaired) electrons. The van der Waals surface area contributed by atoms with Crippen LogP contribution in [0.15, 0.2) is 29.2 Å². The Morgan fingerprint density at radius 2 is 2.04 bits per heavy atom. The van der Waals surface area contributed by atoms with E-state index in [1.54, 1.807) is 23.7 Å². The van der Waals surface area contributed by atoms with Gasteiger partial charge in [-0.25, -0.2) is 0 Å². The third-order valence-electron chi connectivity index (χ3n) is 4.53. The second kappa shape index (κ2) is 8.20. The molecule has 0 aliphatic heterocycles. The van der Waals surface area contributed by atoms with Crippen molar-refractivity contribution in [1.82, 2.24) is 15.3 Å². The van der Waals surface area contributed by atoms with Gasteiger partial charge in [0.05, 0.1) is 17.9 Å². The van der Waals surface area contributed by atoms with Crippen LogP contribution in [0.3, 0.4) is 0 Å². The number of aromatic nitrogens is 2. The van der Waals surface area contributed by atoms with E-state index in [2.05, 4.69) is 20.7 Å². The number of amides is 1. The molecule has 3 rings (SSSR count). The van der Waals surface area contributed by atoms with Crippen LogP contribution in [-0.2, 0) is 11.3 Å². The summed E-state index contributed by atoms with van der Waals surface area (Å²) in [5.41, 5.74) is 2.76. The molecule has 1 amide bonds. The maximum atomic E-state index is 12.1. The Morgan fingerprint density at radius 1 is 1.22 bits per heavy atom. The van der Waals surface area contributed by atoms with E-state index >= 15 is 0 Å². The van der Waals surface area contributed by atoms with Gasteiger partial charge >= 0.3 is 0 Å². The van der Waals surface area contributed by atoms with Gasteiger partial charge < -0.3 is 5.32 Å². The third-order valence-corrected chi connectivity index (χ3v) is 5.21. The summed E-state index contributed by atoms with van der Waals surface area (Å²) in [6.45, 7) is 0.447. The van der Waals surface area contributed by atoms with Crippen molar-refractivity contribution in [2.24, 2.45) is 5.92 Å². The van der Waals surface area contributed by atoms with E-state index in [-0.39, 0.29) is 5.91 Å². The molecule has 5 heteroatoms. The van der Waals surface area contributed by atoms with Crippen LogP contribution in [0.2, 0.25) is 0 Å². The molecular weight excluding hydrogens is 306 g/mol. The summed E-state index contributed by atoms with van der Waals surface area (Å²) in [5, 5.41) is 7.08. The molecule has 23 heavy (non-hydrogen) atoms. The fraction of sp³-hybridized carbons (Fsp3) is 0.500. The van der Waals surface area contributed by atoms with Crippen molar-refractivity contribution in [2.75, 3.05) is 0 Å². The average molecular weight is 329 g/mol. The molecule has 4 nitrogen and oxygen atoms in total. The van der Waals surface area contributed by atoms with Gasteiger partial charge in [0, 0.05) is 29.8 Å². The summed E-state index contributed by atoms with van der Waals surface area (Å²) in [4.78, 5) is 20.9. The number of hydrogen-bond acceptors (Lipinski definition) is 4. The van der Waals surface area contributed by atoms with Crippen LogP contribution >= 0.6 is 11.3 Å². The topological polar surface area (TPSA) is 54.9 Å². The van der Waals surface area contributed by atoms with Gasteiger partial charge in [0.25, 0.3) is 0 Å². The summed E-state index contributed by atoms with van der Waals surface area (Å²) >= 11 is 1.64. The van der Waals surface area contributed by atoms with Crippen LogP contribution in [0.5, 0.6) is 0 Å². The number of carbonyl (C=O) groups excluding carboxylic acids is 1. The van der Waals surface area contributed by atoms with Crippen molar-refractivity contribution in [1.29, 1.82) is 0 Å². The van der Waals surface area contributed by atoms with Gasteiger partial charge in [-0.15, -0.1) is 0 Å². The van der Waals surface area contributed by atoms with Crippen LogP contribution in [0, 0.1) is 5.92 Å². The molecule has 1 N–H and O–H groups in total. The van der Waals surface area contributed by atoms with E-state index in [9.17, 15) is 4.79 Å². The highest BCUT2D eigenvalue weighted by atomic mass is 32.1. The lowest BCUT2D eigenvalue weighted by Gasteiger charge is -2.21. The largest absolute Gasteiger partial charge is 0.350 e. The number of hydrogen-bond donors (Lipinski definition) is 1. The fourth-order valence-corrected chi connectivity index (χ4v) is 3.86. The Balaban J connectivity index is 1.51. The van der Waals surface area contributed by atoms with Crippen molar-refractivity contribution in [2.45, 2.75) is 51.5 Å². The van der Waals surface area contributed by atoms with Crippen molar-refractivity contribution in [3.63, 3.8) is 0 Å². The molecule has 122 valence electrons. The predicted molar refractivity (Wildman–Crippen MR) is 93.0 cm³/mol. The Labute approximate surface area is 141 Å². The van der Waals surface area contributed by atoms with Crippen LogP contribution in [0.4, 0.5) is 0 Å². The lowest BCUT2D eigenvalue weighted by atomic mass is 9.86. The molecule has 1 aliphatic carbocycles. The standard InChI is InChI=1S/C18H23N3OS/c22-17(7-6-14-4-2-1-3-5-14)21-12-16-18(20-10-9-19-16)15-8-11-23-13-15/h8-11,13-14H,1-7,12H2,(H,21,22). The highest BCUT2D eigenvalue weighted by molar-refractivity contribution is 7.08. The maximum Gasteiger partial charge on any atom is 0.220 e. The smallest absolute Gasteiger partial charge is 0.220 e. The summed E-state index contributed by atoms with van der Waals surface area (Å²) in [5.74, 6) is 0.866. The van der Waals surface area contributed by atoms with E-state index in [1.165, 1.54) is 32.1 Å². The minimum atomic E-state index is 0.123. The minimum absolute atomic E-state index is 0.123. The Hall–Kier alpha value is -1.75. The lowest BCUT2D eigenvalue weighted by molar-refractivity contribution is -0.121. The number of rotatable bonds is 6. The van der Waals surface area contributed by atoms with Crippen molar-refractivity contribution in [3.05, 3.63) is 34.9 Å². The van der Waals surface area contributed by atoms with E-state index < -0.39 is 0 Å². The SMILES string of the molecule is O=C(CCC1CCCCC1)NCc1nccnc1-c1ccsc1. The van der Waals surface area contributed by atoms with Crippen molar-refractivity contribution >= 4 is 17.2 Å². The Kier molecular flexibility index (Phi) is 5.75. The molecule has 2 aromatic heterocycles. The minimum Gasteiger partial charge on any atom is -0.350 e. The molecule has 0 saturated heterocycles. The second-order valence-corrected chi connectivity index (χ2v) is 6.96. The molecule has 0 aromatic carbocycles. The van der Waals surface area contributed by atoms with Gasteiger partial charge in [0.15, 0.2) is 0 Å². The van der Waals surface area contributed by atoms with Gasteiger partial charge in [-0.2, -0.15) is 11.3 Å². The number of thiophene rings is 1. The first-order valence-corrected chi connectivity index (χ1v) is 9.36. The van der Waals surface area contributed by atoms with Crippen LogP contribution in [0.25, 0.3) is 11.3 Å². The highest BCUT2D eigenvalue weighted by Gasteiger charge is 2.15. The van der Waals surface area contributed by atoms with E-state index in [0.717, 1.165) is 29.3 Å². The zero-order valence-electron chi connectivity index (χ0n) is 13.3. The third kappa shape index (κ3) is 4.61. The summed E-state index contributed by atoms with van der Waals surface area (Å²) in [6.07, 6.45) is 11.6. The average Bonchev–Trinajstić information content (AvgIpc) is 3.14. The molecule has 0 bridgehead atoms. The molecule has 1 aliphatic rings. The first-order valence-electron chi connectivity index (χ1n) is 8.42. The van der Waals surface area contributed by atoms with Crippen LogP contribution < -0.4 is 5.32 Å². The first kappa shape index (κ1) is 16.1. The van der Waals surface area contributed by atoms with Gasteiger partial charge in [-0.05, 0) is 23.8 Å². The summed E-state index contributed by atoms with van der Waals surface area (Å²) in [7, 11) is 0. The fourth-order valence-electron chi connectivity index (χ4n) is 3.22. The van der Waals surface area contributed by atoms with E-state index in [0.29, 0.717) is 13.0 Å². The van der Waals surface area contributed by atoms with Crippen molar-refractivity contribution in [3.8, 4) is 11.3 Å². The zero-order chi connectivity index (χ0) is 15.9. The van der Waals surface area contributed by atoms with Crippen LogP contribution in [0.1, 0.15) is 50.6 Å². The van der Waals surface area contributed by atoms with E-state index in [1.807, 2.05) is 11.4 Å². The molecule has 0 atom stereocenters. The predicted octanol–water partition coefficient (Wildman–Crippen LogP) is 4.18. The normalized spacial score (nSPS) is 15.5. The van der Waals surface area contributed by atoms with Crippen molar-refractivity contribution < 1.29 is 4.79 Å². The van der Waals surface area contributed by atoms with Gasteiger partial charge in [-0.3, -0.25) is 14.8 Å². The molecule has 2 aromatic rings. The van der Waals surface area contributed by atoms with Gasteiger partial charge in [-0.1, -0.05) is 32.1 Å². The van der Waals surface area contributed by atoms with Gasteiger partial charge in [0.1, 0.15) is 0 Å². The quantitative estimate of drug-likeness (QED) is 0.865. The lowest BCUT2D eigenvalue weighted by Crippen LogP contribution is -2.24. The molecule has 1 fully saturated rings. The summed E-state index contributed by atoms with van der Waals surface area (Å²) in [6, 6.07) is 2.03. The molecule has 0 unspecified atom stereocenters. The number of carbonyl (C=O) groups is 1. The monoisotopic (exact) mass is 329 g/mol. The first-order chi connectivity index (χ1) is 11.3. The Morgan fingerprint density at radius 3 is 2.83 bits per heavy atom. The maximum absolute atomic E-state index is 12.1. The number of nitrogens with one attached hydrogen (secondary N) is 1. The molecular formula is C18H23N3OS. The zero-order valence-corrected chi connectivity index (χ0v) is 14.1. The van der Waals surface area contributed by atoms with Crippen LogP contribution in [-0.4, -0.2) is 15.9 Å². The highest BCUT2D eigenvalue weighted by Crippen LogP contribution is 2.27. The molecule has 0 spiro atoms. The molecule has 2 heterocycles. The van der Waals surface area contributed by atoms with Gasteiger partial charge in [0.2, 0.25) is 5.91 Å². The van der Waals surface area contributed by atoms with E-state index in [4.69, 9.17) is 0 Å². The molecule has 1 saturated carbocycles. The second-order valence-electron chi connectivity index (χ2n) is 6.18. The Bertz CT molecular complexity index is 621. The number of nitrogens with zero attached hydrogens (tertiary/aromatic N) is 2.